The van der Waals surface area contributed by atoms with Crippen LogP contribution in [0.1, 0.15) is 30.9 Å². The summed E-state index contributed by atoms with van der Waals surface area (Å²) in [7, 11) is 1.42. The third kappa shape index (κ3) is 4.91. The number of methoxy groups -OCH3 is 1. The smallest absolute Gasteiger partial charge is 0.273 e. The number of nitrogens with zero attached hydrogens (tertiary/aromatic N) is 3. The zero-order valence-corrected chi connectivity index (χ0v) is 18.6. The van der Waals surface area contributed by atoms with Gasteiger partial charge in [-0.25, -0.2) is 13.8 Å². The summed E-state index contributed by atoms with van der Waals surface area (Å²) in [6.45, 7) is 1.95. The van der Waals surface area contributed by atoms with Crippen LogP contribution in [0.25, 0.3) is 0 Å². The Kier molecular flexibility index (Phi) is 7.47. The van der Waals surface area contributed by atoms with E-state index in [1.165, 1.54) is 23.9 Å². The van der Waals surface area contributed by atoms with Crippen molar-refractivity contribution in [2.24, 2.45) is 21.6 Å². The number of ether oxygens (including phenoxy) is 1. The number of thioether (sulfide) groups is 1. The molecule has 0 aliphatic carbocycles. The number of amides is 1. The molecule has 2 aromatic rings. The first-order valence-electron chi connectivity index (χ1n) is 9.99. The van der Waals surface area contributed by atoms with Gasteiger partial charge in [-0.15, -0.1) is 0 Å². The van der Waals surface area contributed by atoms with E-state index in [0.29, 0.717) is 19.4 Å². The van der Waals surface area contributed by atoms with Crippen LogP contribution in [0.3, 0.4) is 0 Å². The maximum atomic E-state index is 14.6. The Labute approximate surface area is 189 Å². The molecule has 170 valence electrons. The minimum absolute atomic E-state index is 0.0140. The molecule has 2 aromatic carbocycles. The normalized spacial score (nSPS) is 18.9. The Balaban J connectivity index is 2.10. The zero-order valence-electron chi connectivity index (χ0n) is 17.8. The molecule has 1 aliphatic heterocycles. The van der Waals surface area contributed by atoms with Gasteiger partial charge in [0.15, 0.2) is 5.96 Å². The van der Waals surface area contributed by atoms with Gasteiger partial charge in [-0.1, -0.05) is 42.1 Å². The van der Waals surface area contributed by atoms with E-state index in [1.54, 1.807) is 6.92 Å². The summed E-state index contributed by atoms with van der Waals surface area (Å²) in [5.74, 6) is -1.66. The fourth-order valence-electron chi connectivity index (χ4n) is 3.37. The van der Waals surface area contributed by atoms with E-state index in [-0.39, 0.29) is 16.6 Å². The van der Waals surface area contributed by atoms with Gasteiger partial charge >= 0.3 is 0 Å². The highest BCUT2D eigenvalue weighted by Crippen LogP contribution is 2.50. The van der Waals surface area contributed by atoms with Crippen molar-refractivity contribution in [2.75, 3.05) is 13.7 Å². The summed E-state index contributed by atoms with van der Waals surface area (Å²) in [5, 5.41) is 5.98. The number of benzene rings is 2. The highest BCUT2D eigenvalue weighted by atomic mass is 32.2. The van der Waals surface area contributed by atoms with Crippen molar-refractivity contribution in [2.45, 2.75) is 30.7 Å². The minimum atomic E-state index is -1.02. The van der Waals surface area contributed by atoms with Gasteiger partial charge in [0.25, 0.3) is 5.91 Å². The van der Waals surface area contributed by atoms with Crippen molar-refractivity contribution in [3.8, 4) is 0 Å². The second-order valence-corrected chi connectivity index (χ2v) is 8.49. The number of carbonyl (C=O) groups is 1. The molecular weight excluding hydrogens is 436 g/mol. The quantitative estimate of drug-likeness (QED) is 0.357. The Hall–Kier alpha value is -2.98. The van der Waals surface area contributed by atoms with Crippen molar-refractivity contribution in [3.05, 3.63) is 71.3 Å². The van der Waals surface area contributed by atoms with E-state index in [4.69, 9.17) is 16.2 Å². The molecule has 0 bridgehead atoms. The molecule has 3 rings (SSSR count). The van der Waals surface area contributed by atoms with Gasteiger partial charge < -0.3 is 16.2 Å². The number of nitrogens with two attached hydrogens (primary N) is 2. The molecule has 0 unspecified atom stereocenters. The first-order chi connectivity index (χ1) is 15.3. The molecule has 2 atom stereocenters. The molecule has 0 fully saturated rings. The van der Waals surface area contributed by atoms with Crippen LogP contribution in [-0.2, 0) is 14.4 Å². The van der Waals surface area contributed by atoms with E-state index in [2.05, 4.69) is 10.1 Å². The van der Waals surface area contributed by atoms with E-state index in [1.807, 2.05) is 30.3 Å². The lowest BCUT2D eigenvalue weighted by Crippen LogP contribution is -2.45. The van der Waals surface area contributed by atoms with E-state index in [9.17, 15) is 13.6 Å². The van der Waals surface area contributed by atoms with Crippen LogP contribution in [0.2, 0.25) is 0 Å². The van der Waals surface area contributed by atoms with Crippen LogP contribution in [0, 0.1) is 11.6 Å². The predicted octanol–water partition coefficient (Wildman–Crippen LogP) is 3.14. The summed E-state index contributed by atoms with van der Waals surface area (Å²) in [6, 6.07) is 12.4. The molecule has 1 amide bonds. The van der Waals surface area contributed by atoms with Crippen molar-refractivity contribution in [1.29, 1.82) is 0 Å². The van der Waals surface area contributed by atoms with Crippen LogP contribution < -0.4 is 11.5 Å². The third-order valence-electron chi connectivity index (χ3n) is 5.06. The third-order valence-corrected chi connectivity index (χ3v) is 6.51. The number of hydrogen-bond donors (Lipinski definition) is 2. The zero-order chi connectivity index (χ0) is 23.3. The fourth-order valence-corrected chi connectivity index (χ4v) is 4.80. The average Bonchev–Trinajstić information content (AvgIpc) is 3.18. The first kappa shape index (κ1) is 23.7. The second-order valence-electron chi connectivity index (χ2n) is 7.22. The second kappa shape index (κ2) is 10.1. The number of hydrazone groups is 1. The molecule has 10 heteroatoms. The number of hydrogen-bond acceptors (Lipinski definition) is 5. The van der Waals surface area contributed by atoms with Gasteiger partial charge in [-0.2, -0.15) is 5.10 Å². The van der Waals surface area contributed by atoms with Crippen LogP contribution in [-0.4, -0.2) is 41.7 Å². The maximum Gasteiger partial charge on any atom is 0.273 e. The summed E-state index contributed by atoms with van der Waals surface area (Å²) in [6.07, 6.45) is 0.126. The lowest BCUT2D eigenvalue weighted by atomic mass is 10.00. The number of aliphatic imine (C=N–C) groups is 1. The van der Waals surface area contributed by atoms with Crippen LogP contribution >= 0.6 is 11.8 Å². The Bertz CT molecular complexity index is 1030. The average molecular weight is 462 g/mol. The minimum Gasteiger partial charge on any atom is -0.372 e. The molecule has 1 heterocycles. The highest BCUT2D eigenvalue weighted by molar-refractivity contribution is 8.15. The lowest BCUT2D eigenvalue weighted by molar-refractivity contribution is -0.144. The van der Waals surface area contributed by atoms with Crippen LogP contribution in [0.5, 0.6) is 0 Å². The SMILES string of the molecule is CO[C@@H](C)C(=O)N1N=C(c2cc(F)ccc2F)S[C@]1(CCCN=C(N)N)c1ccccc1. The predicted molar refractivity (Wildman–Crippen MR) is 122 cm³/mol. The van der Waals surface area contributed by atoms with E-state index >= 15 is 0 Å². The Morgan fingerprint density at radius 1 is 1.25 bits per heavy atom. The molecule has 32 heavy (non-hydrogen) atoms. The molecule has 0 spiro atoms. The molecule has 0 radical (unpaired) electrons. The van der Waals surface area contributed by atoms with Gasteiger partial charge in [-0.3, -0.25) is 9.79 Å². The molecule has 0 saturated heterocycles. The summed E-state index contributed by atoms with van der Waals surface area (Å²) in [5.41, 5.74) is 11.6. The molecular formula is C22H25F2N5O2S. The number of rotatable bonds is 8. The number of halogens is 2. The molecule has 7 nitrogen and oxygen atoms in total. The number of guanidine groups is 1. The van der Waals surface area contributed by atoms with Crippen LogP contribution in [0.4, 0.5) is 8.78 Å². The standard InChI is InChI=1S/C22H25F2N5O2S/c1-14(31-2)20(30)29-22(11-6-12-27-21(25)26,15-7-4-3-5-8-15)32-19(28-29)17-13-16(23)9-10-18(17)24/h3-5,7-10,13-14H,6,11-12H2,1-2H3,(H4,25,26,27)/t14-,22+/m0/s1. The monoisotopic (exact) mass is 461 g/mol. The maximum absolute atomic E-state index is 14.6. The molecule has 0 saturated carbocycles. The van der Waals surface area contributed by atoms with Crippen LogP contribution in [0.15, 0.2) is 58.6 Å². The lowest BCUT2D eigenvalue weighted by Gasteiger charge is -2.36. The van der Waals surface area contributed by atoms with Crippen molar-refractivity contribution >= 4 is 28.7 Å². The largest absolute Gasteiger partial charge is 0.372 e. The molecule has 4 N–H and O–H groups in total. The van der Waals surface area contributed by atoms with Gasteiger partial charge in [0.1, 0.15) is 27.7 Å². The van der Waals surface area contributed by atoms with Gasteiger partial charge in [0.2, 0.25) is 0 Å². The highest BCUT2D eigenvalue weighted by Gasteiger charge is 2.49. The Morgan fingerprint density at radius 2 is 1.97 bits per heavy atom. The van der Waals surface area contributed by atoms with Gasteiger partial charge in [0, 0.05) is 19.2 Å². The summed E-state index contributed by atoms with van der Waals surface area (Å²) in [4.78, 5) is 16.3. The van der Waals surface area contributed by atoms with Gasteiger partial charge in [0.05, 0.1) is 0 Å². The Morgan fingerprint density at radius 3 is 2.62 bits per heavy atom. The van der Waals surface area contributed by atoms with Crippen molar-refractivity contribution in [3.63, 3.8) is 0 Å². The molecule has 0 aromatic heterocycles. The van der Waals surface area contributed by atoms with E-state index in [0.717, 1.165) is 23.8 Å². The van der Waals surface area contributed by atoms with E-state index < -0.39 is 28.5 Å². The molecule has 1 aliphatic rings. The van der Waals surface area contributed by atoms with Crippen molar-refractivity contribution < 1.29 is 18.3 Å². The van der Waals surface area contributed by atoms with Gasteiger partial charge in [-0.05, 0) is 43.5 Å². The number of carbonyl (C=O) groups excluding carboxylic acids is 1. The summed E-state index contributed by atoms with van der Waals surface area (Å²) >= 11 is 1.19. The summed E-state index contributed by atoms with van der Waals surface area (Å²) < 4.78 is 33.7. The topological polar surface area (TPSA) is 106 Å². The first-order valence-corrected chi connectivity index (χ1v) is 10.8. The van der Waals surface area contributed by atoms with Crippen molar-refractivity contribution in [1.82, 2.24) is 5.01 Å². The fraction of sp³-hybridized carbons (Fsp3) is 0.318.